The number of nitrogens with one attached hydrogen (secondary N) is 1. The highest BCUT2D eigenvalue weighted by molar-refractivity contribution is 4.91. The molecule has 0 amide bonds. The summed E-state index contributed by atoms with van der Waals surface area (Å²) >= 11 is 0. The van der Waals surface area contributed by atoms with Crippen molar-refractivity contribution in [1.29, 1.82) is 0 Å². The zero-order valence-corrected chi connectivity index (χ0v) is 7.21. The van der Waals surface area contributed by atoms with E-state index in [0.29, 0.717) is 0 Å². The van der Waals surface area contributed by atoms with Crippen LogP contribution in [-0.4, -0.2) is 30.1 Å². The molecule has 0 spiro atoms. The molecule has 2 heterocycles. The maximum absolute atomic E-state index is 7.73. The second-order valence-corrected chi connectivity index (χ2v) is 4.07. The molecule has 0 aromatic carbocycles. The van der Waals surface area contributed by atoms with Crippen LogP contribution in [0.3, 0.4) is 0 Å². The highest BCUT2D eigenvalue weighted by Gasteiger charge is 2.34. The molecule has 1 radical (unpaired) electrons. The second-order valence-electron chi connectivity index (χ2n) is 4.07. The molecule has 2 fully saturated rings. The zero-order chi connectivity index (χ0) is 7.84. The Morgan fingerprint density at radius 1 is 1.18 bits per heavy atom. The van der Waals surface area contributed by atoms with E-state index >= 15 is 0 Å². The summed E-state index contributed by atoms with van der Waals surface area (Å²) in [5.41, 5.74) is 7.73. The van der Waals surface area contributed by atoms with Crippen molar-refractivity contribution in [2.45, 2.75) is 50.2 Å². The summed E-state index contributed by atoms with van der Waals surface area (Å²) in [6.45, 7) is 0. The molecule has 0 saturated carbocycles. The van der Waals surface area contributed by atoms with Gasteiger partial charge in [0.1, 0.15) is 0 Å². The third-order valence-electron chi connectivity index (χ3n) is 3.34. The van der Waals surface area contributed by atoms with Gasteiger partial charge in [0.25, 0.3) is 0 Å². The van der Waals surface area contributed by atoms with Crippen LogP contribution < -0.4 is 5.73 Å². The molecule has 2 heteroatoms. The second kappa shape index (κ2) is 2.76. The summed E-state index contributed by atoms with van der Waals surface area (Å²) in [5.74, 6) is 0. The van der Waals surface area contributed by atoms with E-state index in [9.17, 15) is 0 Å². The van der Waals surface area contributed by atoms with E-state index in [1.165, 1.54) is 19.3 Å². The third kappa shape index (κ3) is 1.30. The van der Waals surface area contributed by atoms with E-state index in [2.05, 4.69) is 11.9 Å². The summed E-state index contributed by atoms with van der Waals surface area (Å²) in [5, 5.41) is 0. The summed E-state index contributed by atoms with van der Waals surface area (Å²) < 4.78 is 0. The Bertz CT molecular complexity index is 132. The standard InChI is InChI=1S/C9H17N2/c1-11-8-3-2-4-9(11)6-7(10)5-8/h7-10H,2-6H2,1H3. The van der Waals surface area contributed by atoms with Gasteiger partial charge < -0.3 is 4.90 Å². The Labute approximate surface area is 68.7 Å². The average Bonchev–Trinajstić information content (AvgIpc) is 1.92. The molecule has 2 unspecified atom stereocenters. The molecule has 2 saturated heterocycles. The number of fused-ring (bicyclic) bond motifs is 2. The monoisotopic (exact) mass is 153 g/mol. The van der Waals surface area contributed by atoms with Gasteiger partial charge in [-0.3, -0.25) is 5.73 Å². The minimum absolute atomic E-state index is 0.237. The van der Waals surface area contributed by atoms with Gasteiger partial charge >= 0.3 is 0 Å². The summed E-state index contributed by atoms with van der Waals surface area (Å²) in [6, 6.07) is 1.72. The summed E-state index contributed by atoms with van der Waals surface area (Å²) in [4.78, 5) is 2.51. The van der Waals surface area contributed by atoms with Crippen LogP contribution in [0.4, 0.5) is 0 Å². The molecule has 11 heavy (non-hydrogen) atoms. The maximum Gasteiger partial charge on any atom is 0.0242 e. The number of hydrogen-bond donors (Lipinski definition) is 0. The van der Waals surface area contributed by atoms with E-state index in [0.717, 1.165) is 24.9 Å². The summed E-state index contributed by atoms with van der Waals surface area (Å²) in [7, 11) is 2.24. The predicted molar refractivity (Wildman–Crippen MR) is 45.3 cm³/mol. The van der Waals surface area contributed by atoms with Crippen molar-refractivity contribution in [3.63, 3.8) is 0 Å². The van der Waals surface area contributed by atoms with Gasteiger partial charge in [-0.05, 0) is 32.7 Å². The smallest absolute Gasteiger partial charge is 0.0242 e. The molecule has 0 aliphatic carbocycles. The Kier molecular flexibility index (Phi) is 1.90. The van der Waals surface area contributed by atoms with E-state index in [1.54, 1.807) is 0 Å². The Morgan fingerprint density at radius 3 is 2.27 bits per heavy atom. The molecule has 2 bridgehead atoms. The lowest BCUT2D eigenvalue weighted by atomic mass is 9.83. The Morgan fingerprint density at radius 2 is 1.73 bits per heavy atom. The highest BCUT2D eigenvalue weighted by Crippen LogP contribution is 2.31. The molecule has 0 aromatic rings. The molecule has 2 aliphatic rings. The van der Waals surface area contributed by atoms with Gasteiger partial charge in [0.15, 0.2) is 0 Å². The van der Waals surface area contributed by atoms with Gasteiger partial charge in [-0.1, -0.05) is 6.42 Å². The largest absolute Gasteiger partial charge is 0.300 e. The topological polar surface area (TPSA) is 27.0 Å². The van der Waals surface area contributed by atoms with Crippen LogP contribution in [0.25, 0.3) is 0 Å². The van der Waals surface area contributed by atoms with Gasteiger partial charge in [0.2, 0.25) is 0 Å². The Hall–Kier alpha value is -0.0800. The predicted octanol–water partition coefficient (Wildman–Crippen LogP) is 1.28. The maximum atomic E-state index is 7.73. The number of hydrogen-bond acceptors (Lipinski definition) is 1. The van der Waals surface area contributed by atoms with Gasteiger partial charge in [0, 0.05) is 18.1 Å². The van der Waals surface area contributed by atoms with Gasteiger partial charge in [-0.15, -0.1) is 0 Å². The van der Waals surface area contributed by atoms with Crippen LogP contribution in [0.1, 0.15) is 32.1 Å². The van der Waals surface area contributed by atoms with Crippen molar-refractivity contribution >= 4 is 0 Å². The highest BCUT2D eigenvalue weighted by atomic mass is 15.2. The van der Waals surface area contributed by atoms with E-state index in [1.807, 2.05) is 0 Å². The number of piperidine rings is 2. The van der Waals surface area contributed by atoms with Crippen LogP contribution in [0.15, 0.2) is 0 Å². The first-order valence-corrected chi connectivity index (χ1v) is 4.70. The van der Waals surface area contributed by atoms with Crippen LogP contribution in [-0.2, 0) is 0 Å². The first-order chi connectivity index (χ1) is 5.27. The van der Waals surface area contributed by atoms with E-state index < -0.39 is 0 Å². The lowest BCUT2D eigenvalue weighted by molar-refractivity contribution is 0.0555. The van der Waals surface area contributed by atoms with Crippen LogP contribution in [0.2, 0.25) is 0 Å². The molecular formula is C9H17N2. The van der Waals surface area contributed by atoms with Gasteiger partial charge in [-0.25, -0.2) is 0 Å². The summed E-state index contributed by atoms with van der Waals surface area (Å²) in [6.07, 6.45) is 6.30. The lowest BCUT2D eigenvalue weighted by Gasteiger charge is -2.45. The first kappa shape index (κ1) is 7.56. The van der Waals surface area contributed by atoms with Crippen molar-refractivity contribution in [1.82, 2.24) is 10.6 Å². The molecule has 2 atom stereocenters. The minimum atomic E-state index is 0.237. The molecule has 1 N–H and O–H groups in total. The average molecular weight is 153 g/mol. The lowest BCUT2D eigenvalue weighted by Crippen LogP contribution is -2.51. The van der Waals surface area contributed by atoms with Crippen molar-refractivity contribution < 1.29 is 0 Å². The third-order valence-corrected chi connectivity index (χ3v) is 3.34. The van der Waals surface area contributed by atoms with Crippen LogP contribution in [0, 0.1) is 0 Å². The van der Waals surface area contributed by atoms with Crippen molar-refractivity contribution in [2.24, 2.45) is 0 Å². The molecule has 2 nitrogen and oxygen atoms in total. The van der Waals surface area contributed by atoms with Gasteiger partial charge in [0.05, 0.1) is 0 Å². The quantitative estimate of drug-likeness (QED) is 0.515. The van der Waals surface area contributed by atoms with Crippen LogP contribution in [0.5, 0.6) is 0 Å². The van der Waals surface area contributed by atoms with Gasteiger partial charge in [-0.2, -0.15) is 0 Å². The minimum Gasteiger partial charge on any atom is -0.300 e. The Balaban J connectivity index is 2.07. The molecule has 63 valence electrons. The number of rotatable bonds is 0. The molecule has 2 rings (SSSR count). The normalized spacial score (nSPS) is 45.8. The first-order valence-electron chi connectivity index (χ1n) is 4.70. The fraction of sp³-hybridized carbons (Fsp3) is 1.00. The van der Waals surface area contributed by atoms with Crippen molar-refractivity contribution in [2.75, 3.05) is 7.05 Å². The zero-order valence-electron chi connectivity index (χ0n) is 7.21. The number of nitrogens with zero attached hydrogens (tertiary/aromatic N) is 1. The molecular weight excluding hydrogens is 136 g/mol. The van der Waals surface area contributed by atoms with E-state index in [-0.39, 0.29) is 6.04 Å². The fourth-order valence-corrected chi connectivity index (χ4v) is 2.62. The van der Waals surface area contributed by atoms with E-state index in [4.69, 9.17) is 5.73 Å². The van der Waals surface area contributed by atoms with Crippen LogP contribution >= 0.6 is 0 Å². The SMILES string of the molecule is CN1C2CCCC1CC([NH])C2. The fourth-order valence-electron chi connectivity index (χ4n) is 2.62. The molecule has 0 aromatic heterocycles. The van der Waals surface area contributed by atoms with Crippen molar-refractivity contribution in [3.05, 3.63) is 0 Å². The molecule has 2 aliphatic heterocycles. The van der Waals surface area contributed by atoms with Crippen molar-refractivity contribution in [3.8, 4) is 0 Å².